The Hall–Kier alpha value is -2.37. The van der Waals surface area contributed by atoms with Crippen molar-refractivity contribution in [3.63, 3.8) is 0 Å². The Morgan fingerprint density at radius 2 is 2.15 bits per heavy atom. The number of aryl methyl sites for hydroxylation is 1. The van der Waals surface area contributed by atoms with Gasteiger partial charge >= 0.3 is 0 Å². The van der Waals surface area contributed by atoms with E-state index in [0.29, 0.717) is 0 Å². The van der Waals surface area contributed by atoms with Crippen LogP contribution in [0.4, 0.5) is 0 Å². The molecule has 0 saturated carbocycles. The van der Waals surface area contributed by atoms with Crippen molar-refractivity contribution in [2.45, 2.75) is 44.1 Å². The van der Waals surface area contributed by atoms with Crippen LogP contribution in [0, 0.1) is 0 Å². The van der Waals surface area contributed by atoms with E-state index in [1.54, 1.807) is 23.8 Å². The van der Waals surface area contributed by atoms with E-state index in [0.717, 1.165) is 32.1 Å². The van der Waals surface area contributed by atoms with E-state index >= 15 is 0 Å². The molecule has 1 N–H and O–H groups in total. The molecular weight excluding hydrogens is 324 g/mol. The first-order valence-corrected chi connectivity index (χ1v) is 9.67. The smallest absolute Gasteiger partial charge is 0.193 e. The molecule has 6 nitrogen and oxygen atoms in total. The lowest BCUT2D eigenvalue weighted by molar-refractivity contribution is 0.188. The van der Waals surface area contributed by atoms with Gasteiger partial charge in [-0.05, 0) is 43.2 Å². The highest BCUT2D eigenvalue weighted by atomic mass is 15.3. The number of guanidine groups is 1. The van der Waals surface area contributed by atoms with E-state index in [2.05, 4.69) is 49.6 Å². The molecule has 1 aromatic carbocycles. The van der Waals surface area contributed by atoms with Gasteiger partial charge in [-0.2, -0.15) is 5.10 Å². The minimum atomic E-state index is 0.288. The van der Waals surface area contributed by atoms with E-state index in [9.17, 15) is 0 Å². The van der Waals surface area contributed by atoms with E-state index < -0.39 is 0 Å². The average molecular weight is 352 g/mol. The van der Waals surface area contributed by atoms with Crippen LogP contribution < -0.4 is 5.32 Å². The van der Waals surface area contributed by atoms with Crippen LogP contribution in [0.25, 0.3) is 0 Å². The molecule has 2 aliphatic rings. The molecule has 1 fully saturated rings. The minimum Gasteiger partial charge on any atom is -0.354 e. The molecule has 138 valence electrons. The largest absolute Gasteiger partial charge is 0.354 e. The average Bonchev–Trinajstić information content (AvgIpc) is 3.19. The lowest BCUT2D eigenvalue weighted by Gasteiger charge is -2.47. The number of rotatable bonds is 3. The molecule has 1 spiro atoms. The van der Waals surface area contributed by atoms with Gasteiger partial charge in [0.25, 0.3) is 0 Å². The summed E-state index contributed by atoms with van der Waals surface area (Å²) in [6, 6.07) is 9.07. The second-order valence-electron chi connectivity index (χ2n) is 7.45. The maximum atomic E-state index is 4.55. The van der Waals surface area contributed by atoms with E-state index in [1.165, 1.54) is 32.1 Å². The minimum absolute atomic E-state index is 0.288. The number of fused-ring (bicyclic) bond motifs is 2. The van der Waals surface area contributed by atoms with Crippen LogP contribution in [0.3, 0.4) is 0 Å². The lowest BCUT2D eigenvalue weighted by Crippen LogP contribution is -2.53. The second kappa shape index (κ2) is 7.48. The summed E-state index contributed by atoms with van der Waals surface area (Å²) >= 11 is 0. The van der Waals surface area contributed by atoms with Crippen molar-refractivity contribution >= 4 is 5.96 Å². The molecule has 2 heterocycles. The third-order valence-corrected chi connectivity index (χ3v) is 5.87. The monoisotopic (exact) mass is 352 g/mol. The maximum absolute atomic E-state index is 4.55. The zero-order chi connectivity index (χ0) is 17.8. The first-order valence-electron chi connectivity index (χ1n) is 9.67. The molecule has 0 bridgehead atoms. The number of benzene rings is 1. The molecule has 1 saturated heterocycles. The van der Waals surface area contributed by atoms with Gasteiger partial charge in [-0.3, -0.25) is 9.67 Å². The summed E-state index contributed by atoms with van der Waals surface area (Å²) in [5.74, 6) is 1.01. The summed E-state index contributed by atoms with van der Waals surface area (Å²) in [7, 11) is 1.88. The quantitative estimate of drug-likeness (QED) is 0.680. The number of nitrogens with one attached hydrogen (secondary N) is 1. The number of aromatic nitrogens is 3. The zero-order valence-corrected chi connectivity index (χ0v) is 15.6. The molecule has 26 heavy (non-hydrogen) atoms. The van der Waals surface area contributed by atoms with Crippen molar-refractivity contribution in [3.05, 3.63) is 48.0 Å². The molecule has 0 amide bonds. The number of aliphatic imine (C=N–C) groups is 1. The molecule has 6 heteroatoms. The first-order chi connectivity index (χ1) is 12.8. The van der Waals surface area contributed by atoms with Crippen LogP contribution in [0.15, 0.2) is 41.9 Å². The van der Waals surface area contributed by atoms with Crippen LogP contribution in [-0.4, -0.2) is 52.3 Å². The van der Waals surface area contributed by atoms with Gasteiger partial charge in [-0.1, -0.05) is 24.3 Å². The Bertz CT molecular complexity index is 753. The fourth-order valence-corrected chi connectivity index (χ4v) is 4.71. The number of hydrogen-bond acceptors (Lipinski definition) is 3. The van der Waals surface area contributed by atoms with Crippen molar-refractivity contribution in [1.29, 1.82) is 0 Å². The topological polar surface area (TPSA) is 58.3 Å². The Balaban J connectivity index is 1.46. The molecule has 0 radical (unpaired) electrons. The number of hydrogen-bond donors (Lipinski definition) is 1. The van der Waals surface area contributed by atoms with Gasteiger partial charge in [0.15, 0.2) is 5.96 Å². The molecular formula is C20H28N6. The van der Waals surface area contributed by atoms with Crippen molar-refractivity contribution in [2.75, 3.05) is 26.7 Å². The van der Waals surface area contributed by atoms with Gasteiger partial charge in [0.1, 0.15) is 12.7 Å². The highest BCUT2D eigenvalue weighted by molar-refractivity contribution is 5.80. The first kappa shape index (κ1) is 17.1. The van der Waals surface area contributed by atoms with Gasteiger partial charge in [-0.15, -0.1) is 0 Å². The number of likely N-dealkylation sites (tertiary alicyclic amines) is 1. The highest BCUT2D eigenvalue weighted by Crippen LogP contribution is 2.43. The van der Waals surface area contributed by atoms with Crippen LogP contribution in [-0.2, 0) is 18.4 Å². The third kappa shape index (κ3) is 3.32. The summed E-state index contributed by atoms with van der Waals surface area (Å²) in [5.41, 5.74) is 3.42. The normalized spacial score (nSPS) is 23.1. The van der Waals surface area contributed by atoms with Gasteiger partial charge in [0.2, 0.25) is 0 Å². The summed E-state index contributed by atoms with van der Waals surface area (Å²) in [4.78, 5) is 11.0. The molecule has 4 rings (SSSR count). The van der Waals surface area contributed by atoms with Crippen molar-refractivity contribution in [1.82, 2.24) is 25.0 Å². The van der Waals surface area contributed by atoms with Gasteiger partial charge < -0.3 is 10.2 Å². The molecule has 1 atom stereocenters. The Labute approximate surface area is 155 Å². The van der Waals surface area contributed by atoms with Crippen molar-refractivity contribution in [2.24, 2.45) is 4.99 Å². The van der Waals surface area contributed by atoms with Gasteiger partial charge in [0, 0.05) is 32.1 Å². The predicted molar refractivity (Wildman–Crippen MR) is 103 cm³/mol. The Morgan fingerprint density at radius 3 is 3.00 bits per heavy atom. The van der Waals surface area contributed by atoms with E-state index in [4.69, 9.17) is 0 Å². The summed E-state index contributed by atoms with van der Waals surface area (Å²) in [6.45, 7) is 3.73. The van der Waals surface area contributed by atoms with Gasteiger partial charge in [-0.25, -0.2) is 4.98 Å². The summed E-state index contributed by atoms with van der Waals surface area (Å²) in [6.07, 6.45) is 9.64. The van der Waals surface area contributed by atoms with Crippen LogP contribution in [0.2, 0.25) is 0 Å². The maximum Gasteiger partial charge on any atom is 0.193 e. The molecule has 1 unspecified atom stereocenters. The fraction of sp³-hybridized carbons (Fsp3) is 0.550. The molecule has 1 aliphatic carbocycles. The van der Waals surface area contributed by atoms with Crippen LogP contribution in [0.1, 0.15) is 36.8 Å². The molecule has 2 aromatic rings. The lowest BCUT2D eigenvalue weighted by atomic mass is 9.66. The standard InChI is InChI=1S/C20H28N6/c1-21-19(23-11-13-26-16-22-15-24-26)25-12-5-10-20(14-25)9-4-7-17-6-2-3-8-18(17)20/h2-3,6,8,15-16H,4-5,7,9-14H2,1H3,(H,21,23). The third-order valence-electron chi connectivity index (χ3n) is 5.87. The van der Waals surface area contributed by atoms with Crippen molar-refractivity contribution < 1.29 is 0 Å². The Kier molecular flexibility index (Phi) is 4.91. The SMILES string of the molecule is CN=C(NCCn1cncn1)N1CCCC2(CCCc3ccccc32)C1. The van der Waals surface area contributed by atoms with E-state index in [1.807, 2.05) is 11.7 Å². The summed E-state index contributed by atoms with van der Waals surface area (Å²) < 4.78 is 1.84. The van der Waals surface area contributed by atoms with Gasteiger partial charge in [0.05, 0.1) is 6.54 Å². The second-order valence-corrected chi connectivity index (χ2v) is 7.45. The Morgan fingerprint density at radius 1 is 1.27 bits per heavy atom. The predicted octanol–water partition coefficient (Wildman–Crippen LogP) is 2.22. The number of nitrogens with zero attached hydrogens (tertiary/aromatic N) is 5. The zero-order valence-electron chi connectivity index (χ0n) is 15.6. The van der Waals surface area contributed by atoms with Crippen LogP contribution >= 0.6 is 0 Å². The molecule has 1 aliphatic heterocycles. The number of piperidine rings is 1. The van der Waals surface area contributed by atoms with E-state index in [-0.39, 0.29) is 5.41 Å². The van der Waals surface area contributed by atoms with Crippen LogP contribution in [0.5, 0.6) is 0 Å². The van der Waals surface area contributed by atoms with Crippen molar-refractivity contribution in [3.8, 4) is 0 Å². The highest BCUT2D eigenvalue weighted by Gasteiger charge is 2.40. The fourth-order valence-electron chi connectivity index (χ4n) is 4.71. The summed E-state index contributed by atoms with van der Waals surface area (Å²) in [5, 5.41) is 7.67. The molecule has 1 aromatic heterocycles.